The van der Waals surface area contributed by atoms with Crippen LogP contribution < -0.4 is 14.7 Å². The van der Waals surface area contributed by atoms with Crippen molar-refractivity contribution in [2.45, 2.75) is 0 Å². The van der Waals surface area contributed by atoms with Crippen molar-refractivity contribution >= 4 is 192 Å². The molecule has 18 aromatic carbocycles. The van der Waals surface area contributed by atoms with Gasteiger partial charge in [0, 0.05) is 191 Å². The van der Waals surface area contributed by atoms with Crippen molar-refractivity contribution in [3.8, 4) is 89.5 Å². The van der Waals surface area contributed by atoms with Crippen LogP contribution in [-0.4, -0.2) is 24.9 Å². The maximum Gasteiger partial charge on any atom is 0.159 e. The van der Waals surface area contributed by atoms with Crippen LogP contribution in [0.25, 0.3) is 219 Å². The molecule has 147 heavy (non-hydrogen) atoms. The summed E-state index contributed by atoms with van der Waals surface area (Å²) in [6.45, 7) is 0. The lowest BCUT2D eigenvalue weighted by Gasteiger charge is -2.26. The molecule has 11 heterocycles. The fraction of sp³-hybridized carbons (Fsp3) is 0. The largest absolute Gasteiger partial charge is 0.455 e. The van der Waals surface area contributed by atoms with Gasteiger partial charge in [-0.3, -0.25) is 24.9 Å². The number of fused-ring (bicyclic) bond motifs is 18. The van der Waals surface area contributed by atoms with Gasteiger partial charge in [0.05, 0.1) is 44.5 Å². The van der Waals surface area contributed by atoms with Gasteiger partial charge < -0.3 is 36.8 Å². The third kappa shape index (κ3) is 15.9. The van der Waals surface area contributed by atoms with Crippen molar-refractivity contribution in [1.82, 2.24) is 24.9 Å². The topological polar surface area (TPSA) is 140 Å². The number of furan rings is 5. The van der Waals surface area contributed by atoms with Crippen LogP contribution in [0.4, 0.5) is 51.2 Å². The molecule has 29 aromatic rings. The molecule has 0 saturated carbocycles. The average molecular weight is 1910 g/mol. The molecule has 0 radical (unpaired) electrons. The predicted molar refractivity (Wildman–Crippen MR) is 605 cm³/mol. The van der Waals surface area contributed by atoms with Crippen molar-refractivity contribution in [1.29, 1.82) is 0 Å². The van der Waals surface area contributed by atoms with Crippen molar-refractivity contribution < 1.29 is 22.1 Å². The van der Waals surface area contributed by atoms with Crippen LogP contribution in [0.3, 0.4) is 0 Å². The van der Waals surface area contributed by atoms with Gasteiger partial charge in [0.2, 0.25) is 0 Å². The predicted octanol–water partition coefficient (Wildman–Crippen LogP) is 37.6. The first-order valence-electron chi connectivity index (χ1n) is 49.0. The average Bonchev–Trinajstić information content (AvgIpc) is 1.76. The Morgan fingerprint density at radius 2 is 0.469 bits per heavy atom. The zero-order valence-electron chi connectivity index (χ0n) is 79.0. The van der Waals surface area contributed by atoms with Gasteiger partial charge in [-0.05, 0) is 180 Å². The standard InChI is InChI=1S/C47H30N2O2.C46H29N3OS.C40H25N3O2/c1-2-10-31(11-3-1)32-20-25-35(26-21-32)49(43-17-9-15-40-38-13-5-7-19-45(38)51-47(40)43)36-27-22-33(23-28-36)34-24-29-42(48-30-34)41-16-8-14-39-37-12-4-6-18-44(37)50-46(39)41;1-3-16-43-36(9-1)38-12-7-11-35(45(38)50-43)32-22-27-41(48-29-32)31-20-25-34(26-21-31)49(33-23-18-30(19-24-33)40-14-5-6-28-47-40)42-15-8-13-39-37-10-2-4-17-44(37)51-46(39)42;1-3-13-37-31(7-1)33-10-5-9-30(39(33)44-37)27-17-20-35(42-25-27)26-15-18-28(19-16-26)43(29-21-23-41-24-22-29)36-12-6-11-34-32-8-2-4-14-38(32)45-40(34)36/h1-30H;1-29H;1-25H. The zero-order valence-corrected chi connectivity index (χ0v) is 79.8. The summed E-state index contributed by atoms with van der Waals surface area (Å²) in [5.41, 5.74) is 34.5. The number of nitrogens with zero attached hydrogens (tertiary/aromatic N) is 8. The highest BCUT2D eigenvalue weighted by molar-refractivity contribution is 7.26. The molecule has 0 amide bonds. The molecule has 13 nitrogen and oxygen atoms in total. The number of hydrogen-bond acceptors (Lipinski definition) is 14. The third-order valence-electron chi connectivity index (χ3n) is 27.8. The van der Waals surface area contributed by atoms with E-state index in [2.05, 4.69) is 383 Å². The highest BCUT2D eigenvalue weighted by Crippen LogP contribution is 2.50. The number of para-hydroxylation sites is 10. The molecule has 0 unspecified atom stereocenters. The first-order valence-corrected chi connectivity index (χ1v) is 49.8. The van der Waals surface area contributed by atoms with Crippen molar-refractivity contribution in [3.63, 3.8) is 0 Å². The highest BCUT2D eigenvalue weighted by Gasteiger charge is 2.26. The summed E-state index contributed by atoms with van der Waals surface area (Å²) in [4.78, 5) is 30.4. The monoisotopic (exact) mass is 1900 g/mol. The molecule has 14 heteroatoms. The maximum atomic E-state index is 6.53. The van der Waals surface area contributed by atoms with Crippen molar-refractivity contribution in [2.24, 2.45) is 0 Å². The molecule has 692 valence electrons. The van der Waals surface area contributed by atoms with Gasteiger partial charge in [-0.15, -0.1) is 11.3 Å². The second-order valence-electron chi connectivity index (χ2n) is 36.4. The SMILES string of the molecule is c1ccc(-c2ccc(N(c3ccc(-c4ccc(-c5cccc6c5oc5ccccc56)cn4)cc3)c3cccc4c3sc3ccccc34)cc2)nc1.c1ccc(-c2ccc(N(c3ccc(-c4ccc(-c5cccc6c5oc5ccccc56)nc4)cc3)c3cccc4c3oc3ccccc34)cc2)cc1.c1ccc2c(c1)oc1c(-c3ccc(-c4ccc(N(c5ccncc5)c5cccc6c5oc5ccccc56)cc4)nc3)cccc12. The van der Waals surface area contributed by atoms with Gasteiger partial charge in [-0.25, -0.2) is 0 Å². The summed E-state index contributed by atoms with van der Waals surface area (Å²) in [6.07, 6.45) is 11.3. The minimum absolute atomic E-state index is 0.844. The van der Waals surface area contributed by atoms with E-state index in [9.17, 15) is 0 Å². The Labute approximate surface area is 848 Å². The van der Waals surface area contributed by atoms with E-state index in [4.69, 9.17) is 37.0 Å². The first kappa shape index (κ1) is 86.4. The molecular weight excluding hydrogens is 1820 g/mol. The van der Waals surface area contributed by atoms with Crippen LogP contribution in [0.15, 0.2) is 532 Å². The molecule has 11 aromatic heterocycles. The van der Waals surface area contributed by atoms with Gasteiger partial charge in [0.15, 0.2) is 11.2 Å². The van der Waals surface area contributed by atoms with Crippen LogP contribution >= 0.6 is 11.3 Å². The highest BCUT2D eigenvalue weighted by atomic mass is 32.1. The van der Waals surface area contributed by atoms with E-state index < -0.39 is 0 Å². The normalized spacial score (nSPS) is 11.5. The molecule has 0 saturated heterocycles. The van der Waals surface area contributed by atoms with Gasteiger partial charge >= 0.3 is 0 Å². The summed E-state index contributed by atoms with van der Waals surface area (Å²) in [7, 11) is 0. The molecule has 0 spiro atoms. The summed E-state index contributed by atoms with van der Waals surface area (Å²) in [5, 5.41) is 13.6. The molecule has 0 bridgehead atoms. The number of anilines is 9. The van der Waals surface area contributed by atoms with Gasteiger partial charge in [-0.1, -0.05) is 309 Å². The molecule has 0 aliphatic carbocycles. The Morgan fingerprint density at radius 1 is 0.170 bits per heavy atom. The Kier molecular flexibility index (Phi) is 21.8. The zero-order chi connectivity index (χ0) is 97.2. The van der Waals surface area contributed by atoms with E-state index in [-0.39, 0.29) is 0 Å². The van der Waals surface area contributed by atoms with Crippen molar-refractivity contribution in [2.75, 3.05) is 14.7 Å². The lowest BCUT2D eigenvalue weighted by molar-refractivity contribution is 0.668. The summed E-state index contributed by atoms with van der Waals surface area (Å²) < 4.78 is 34.3. The minimum Gasteiger partial charge on any atom is -0.455 e. The number of hydrogen-bond donors (Lipinski definition) is 0. The quantitative estimate of drug-likeness (QED) is 0.0855. The lowest BCUT2D eigenvalue weighted by Crippen LogP contribution is -2.10. The third-order valence-corrected chi connectivity index (χ3v) is 29.0. The van der Waals surface area contributed by atoms with E-state index in [0.717, 1.165) is 239 Å². The maximum absolute atomic E-state index is 6.53. The number of thiophene rings is 1. The summed E-state index contributed by atoms with van der Waals surface area (Å²) >= 11 is 1.84. The van der Waals surface area contributed by atoms with E-state index in [1.165, 1.54) is 31.3 Å². The van der Waals surface area contributed by atoms with Gasteiger partial charge in [-0.2, -0.15) is 0 Å². The van der Waals surface area contributed by atoms with E-state index in [0.29, 0.717) is 0 Å². The molecule has 0 atom stereocenters. The number of aromatic nitrogens is 5. The molecule has 0 N–H and O–H groups in total. The Hall–Kier alpha value is -19.7. The smallest absolute Gasteiger partial charge is 0.159 e. The Balaban J connectivity index is 0.000000109. The second kappa shape index (κ2) is 37.1. The lowest BCUT2D eigenvalue weighted by atomic mass is 10.0. The van der Waals surface area contributed by atoms with Crippen LogP contribution in [0.2, 0.25) is 0 Å². The van der Waals surface area contributed by atoms with Gasteiger partial charge in [0.1, 0.15) is 44.7 Å². The number of pyridine rings is 5. The van der Waals surface area contributed by atoms with Crippen LogP contribution in [-0.2, 0) is 0 Å². The van der Waals surface area contributed by atoms with Crippen molar-refractivity contribution in [3.05, 3.63) is 510 Å². The van der Waals surface area contributed by atoms with E-state index in [1.807, 2.05) is 164 Å². The molecule has 29 rings (SSSR count). The fourth-order valence-corrected chi connectivity index (χ4v) is 21.9. The number of rotatable bonds is 17. The first-order chi connectivity index (χ1) is 72.9. The van der Waals surface area contributed by atoms with Gasteiger partial charge in [0.25, 0.3) is 0 Å². The molecule has 0 fully saturated rings. The van der Waals surface area contributed by atoms with Crippen LogP contribution in [0.1, 0.15) is 0 Å². The Bertz CT molecular complexity index is 9570. The summed E-state index contributed by atoms with van der Waals surface area (Å²) in [5.74, 6) is 0. The minimum atomic E-state index is 0.844. The van der Waals surface area contributed by atoms with E-state index in [1.54, 1.807) is 0 Å². The number of benzene rings is 18. The fourth-order valence-electron chi connectivity index (χ4n) is 20.7. The Morgan fingerprint density at radius 3 is 0.891 bits per heavy atom. The molecule has 0 aliphatic heterocycles. The van der Waals surface area contributed by atoms with Crippen LogP contribution in [0, 0.1) is 0 Å². The molecule has 0 aliphatic rings. The molecular formula is C133H84N8O5S. The van der Waals surface area contributed by atoms with E-state index >= 15 is 0 Å². The summed E-state index contributed by atoms with van der Waals surface area (Å²) in [6, 6.07) is 164. The second-order valence-corrected chi connectivity index (χ2v) is 37.5. The van der Waals surface area contributed by atoms with Crippen LogP contribution in [0.5, 0.6) is 0 Å².